The Morgan fingerprint density at radius 1 is 1.30 bits per heavy atom. The van der Waals surface area contributed by atoms with Gasteiger partial charge in [0.25, 0.3) is 0 Å². The number of sulfone groups is 1. The average Bonchev–Trinajstić information content (AvgIpc) is 2.30. The third-order valence-electron chi connectivity index (χ3n) is 3.42. The molecule has 1 unspecified atom stereocenters. The largest absolute Gasteiger partial charge is 0.389 e. The highest BCUT2D eigenvalue weighted by atomic mass is 32.2. The lowest BCUT2D eigenvalue weighted by molar-refractivity contribution is -0.134. The van der Waals surface area contributed by atoms with Gasteiger partial charge in [0.2, 0.25) is 0 Å². The summed E-state index contributed by atoms with van der Waals surface area (Å²) in [5.41, 5.74) is 0. The molecule has 0 saturated heterocycles. The number of carbonyl (C=O) groups excluding carboxylic acids is 1. The van der Waals surface area contributed by atoms with Crippen molar-refractivity contribution in [2.75, 3.05) is 5.75 Å². The summed E-state index contributed by atoms with van der Waals surface area (Å²) in [4.78, 5) is 11.1. The highest BCUT2D eigenvalue weighted by molar-refractivity contribution is 7.92. The van der Waals surface area contributed by atoms with Gasteiger partial charge in [0.1, 0.15) is 5.78 Å². The van der Waals surface area contributed by atoms with Crippen LogP contribution in [-0.4, -0.2) is 31.4 Å². The third-order valence-corrected chi connectivity index (χ3v) is 5.54. The molecule has 1 atom stereocenters. The van der Waals surface area contributed by atoms with E-state index in [0.717, 1.165) is 0 Å². The lowest BCUT2D eigenvalue weighted by Gasteiger charge is -2.25. The first-order valence-electron chi connectivity index (χ1n) is 6.35. The summed E-state index contributed by atoms with van der Waals surface area (Å²) in [5.74, 6) is -1.06. The fourth-order valence-electron chi connectivity index (χ4n) is 2.34. The Morgan fingerprint density at radius 2 is 1.85 bits per heavy atom. The minimum atomic E-state index is -4.39. The van der Waals surface area contributed by atoms with Crippen molar-refractivity contribution in [1.82, 2.24) is 0 Å². The number of alkyl halides is 3. The molecule has 0 bridgehead atoms. The molecule has 8 heteroatoms. The summed E-state index contributed by atoms with van der Waals surface area (Å²) >= 11 is 0. The Labute approximate surface area is 115 Å². The summed E-state index contributed by atoms with van der Waals surface area (Å²) in [6.07, 6.45) is -4.99. The van der Waals surface area contributed by atoms with Crippen LogP contribution in [0.2, 0.25) is 0 Å². The van der Waals surface area contributed by atoms with Crippen LogP contribution in [0.5, 0.6) is 0 Å². The average molecular weight is 311 g/mol. The summed E-state index contributed by atoms with van der Waals surface area (Å²) < 4.78 is 59.9. The molecule has 0 aromatic heterocycles. The van der Waals surface area contributed by atoms with Crippen molar-refractivity contribution in [3.8, 4) is 6.07 Å². The van der Waals surface area contributed by atoms with E-state index in [1.165, 1.54) is 0 Å². The number of nitriles is 1. The van der Waals surface area contributed by atoms with Gasteiger partial charge >= 0.3 is 6.18 Å². The van der Waals surface area contributed by atoms with Crippen LogP contribution >= 0.6 is 0 Å². The van der Waals surface area contributed by atoms with Gasteiger partial charge in [-0.05, 0) is 25.2 Å². The number of nitrogens with zero attached hydrogens (tertiary/aromatic N) is 1. The molecule has 0 heterocycles. The van der Waals surface area contributed by atoms with Crippen LogP contribution in [0.15, 0.2) is 0 Å². The van der Waals surface area contributed by atoms with Crippen molar-refractivity contribution in [3.05, 3.63) is 0 Å². The predicted octanol–water partition coefficient (Wildman–Crippen LogP) is 2.40. The number of carbonyl (C=O) groups is 1. The molecule has 1 aliphatic carbocycles. The molecule has 1 rings (SSSR count). The van der Waals surface area contributed by atoms with Crippen molar-refractivity contribution in [2.45, 2.75) is 50.0 Å². The Bertz CT molecular complexity index is 483. The van der Waals surface area contributed by atoms with Crippen molar-refractivity contribution >= 4 is 15.6 Å². The molecule has 0 N–H and O–H groups in total. The summed E-state index contributed by atoms with van der Waals surface area (Å²) in [6.45, 7) is 0. The lowest BCUT2D eigenvalue weighted by Crippen LogP contribution is -2.33. The van der Waals surface area contributed by atoms with Crippen molar-refractivity contribution in [2.24, 2.45) is 5.92 Å². The first-order valence-corrected chi connectivity index (χ1v) is 8.07. The minimum Gasteiger partial charge on any atom is -0.300 e. The van der Waals surface area contributed by atoms with E-state index in [9.17, 15) is 26.4 Å². The maximum Gasteiger partial charge on any atom is 0.389 e. The molecule has 114 valence electrons. The fraction of sp³-hybridized carbons (Fsp3) is 0.833. The van der Waals surface area contributed by atoms with Gasteiger partial charge in [-0.15, -0.1) is 0 Å². The molecule has 0 aliphatic heterocycles. The highest BCUT2D eigenvalue weighted by Crippen LogP contribution is 2.29. The van der Waals surface area contributed by atoms with Gasteiger partial charge in [-0.1, -0.05) is 0 Å². The van der Waals surface area contributed by atoms with Gasteiger partial charge in [-0.2, -0.15) is 18.4 Å². The number of Topliss-reactive ketones (excluding diaryl/α,β-unsaturated/α-hetero) is 1. The number of rotatable bonds is 5. The summed E-state index contributed by atoms with van der Waals surface area (Å²) in [7, 11) is -3.88. The molecule has 1 saturated carbocycles. The lowest BCUT2D eigenvalue weighted by atomic mass is 9.86. The number of ketones is 1. The normalized spacial score (nSPS) is 19.6. The van der Waals surface area contributed by atoms with Gasteiger partial charge in [-0.25, -0.2) is 8.42 Å². The minimum absolute atomic E-state index is 0.0346. The van der Waals surface area contributed by atoms with Gasteiger partial charge in [0, 0.05) is 19.3 Å². The molecule has 1 fully saturated rings. The predicted molar refractivity (Wildman–Crippen MR) is 65.4 cm³/mol. The van der Waals surface area contributed by atoms with E-state index >= 15 is 0 Å². The first-order chi connectivity index (χ1) is 9.15. The van der Waals surface area contributed by atoms with Crippen LogP contribution in [-0.2, 0) is 14.6 Å². The van der Waals surface area contributed by atoms with E-state index in [1.54, 1.807) is 6.07 Å². The Morgan fingerprint density at radius 3 is 2.30 bits per heavy atom. The van der Waals surface area contributed by atoms with Crippen molar-refractivity contribution < 1.29 is 26.4 Å². The van der Waals surface area contributed by atoms with E-state index in [2.05, 4.69) is 0 Å². The maximum atomic E-state index is 12.0. The fourth-order valence-corrected chi connectivity index (χ4v) is 4.16. The molecule has 1 aliphatic rings. The molecule has 0 aromatic rings. The van der Waals surface area contributed by atoms with Crippen LogP contribution < -0.4 is 0 Å². The smallest absolute Gasteiger partial charge is 0.300 e. The standard InChI is InChI=1S/C12H16F3NO3S/c13-12(14,15)6-1-7-20(18,19)11(8-16)9-2-4-10(17)5-3-9/h9,11H,1-7H2. The molecular formula is C12H16F3NO3S. The molecule has 4 nitrogen and oxygen atoms in total. The number of hydrogen-bond acceptors (Lipinski definition) is 4. The number of hydrogen-bond donors (Lipinski definition) is 0. The topological polar surface area (TPSA) is 75.0 Å². The molecule has 20 heavy (non-hydrogen) atoms. The second-order valence-electron chi connectivity index (χ2n) is 5.01. The van der Waals surface area contributed by atoms with Crippen LogP contribution in [0.25, 0.3) is 0 Å². The van der Waals surface area contributed by atoms with E-state index in [0.29, 0.717) is 12.8 Å². The van der Waals surface area contributed by atoms with Crippen LogP contribution in [0.1, 0.15) is 38.5 Å². The second-order valence-corrected chi connectivity index (χ2v) is 7.25. The first kappa shape index (κ1) is 17.0. The van der Waals surface area contributed by atoms with E-state index in [1.807, 2.05) is 0 Å². The highest BCUT2D eigenvalue weighted by Gasteiger charge is 2.36. The zero-order valence-electron chi connectivity index (χ0n) is 10.8. The quantitative estimate of drug-likeness (QED) is 0.781. The molecule has 0 aromatic carbocycles. The maximum absolute atomic E-state index is 12.0. The zero-order valence-corrected chi connectivity index (χ0v) is 11.6. The Kier molecular flexibility index (Phi) is 5.57. The third kappa shape index (κ3) is 5.12. The van der Waals surface area contributed by atoms with Gasteiger partial charge in [0.05, 0.1) is 11.8 Å². The Hall–Kier alpha value is -1.10. The van der Waals surface area contributed by atoms with Crippen LogP contribution in [0, 0.1) is 17.2 Å². The molecule has 0 spiro atoms. The monoisotopic (exact) mass is 311 g/mol. The van der Waals surface area contributed by atoms with Crippen molar-refractivity contribution in [1.29, 1.82) is 5.26 Å². The van der Waals surface area contributed by atoms with Crippen LogP contribution in [0.4, 0.5) is 13.2 Å². The van der Waals surface area contributed by atoms with E-state index in [-0.39, 0.29) is 18.6 Å². The SMILES string of the molecule is N#CC(C1CCC(=O)CC1)S(=O)(=O)CCCC(F)(F)F. The van der Waals surface area contributed by atoms with Gasteiger partial charge in [0.15, 0.2) is 15.1 Å². The Balaban J connectivity index is 2.63. The van der Waals surface area contributed by atoms with Crippen LogP contribution in [0.3, 0.4) is 0 Å². The number of halogens is 3. The molecule has 0 amide bonds. The summed E-state index contributed by atoms with van der Waals surface area (Å²) in [6, 6.07) is 1.69. The van der Waals surface area contributed by atoms with E-state index < -0.39 is 45.8 Å². The van der Waals surface area contributed by atoms with Gasteiger partial charge in [-0.3, -0.25) is 4.79 Å². The zero-order chi connectivity index (χ0) is 15.4. The van der Waals surface area contributed by atoms with Gasteiger partial charge < -0.3 is 0 Å². The molecular weight excluding hydrogens is 295 g/mol. The second kappa shape index (κ2) is 6.57. The summed E-state index contributed by atoms with van der Waals surface area (Å²) in [5, 5.41) is 7.70. The molecule has 0 radical (unpaired) electrons. The van der Waals surface area contributed by atoms with E-state index in [4.69, 9.17) is 5.26 Å². The van der Waals surface area contributed by atoms with Crippen molar-refractivity contribution in [3.63, 3.8) is 0 Å².